The van der Waals surface area contributed by atoms with Gasteiger partial charge in [-0.2, -0.15) is 0 Å². The quantitative estimate of drug-likeness (QED) is 0.839. The molecule has 1 N–H and O–H groups in total. The zero-order valence-corrected chi connectivity index (χ0v) is 14.4. The minimum absolute atomic E-state index is 0.000791. The summed E-state index contributed by atoms with van der Waals surface area (Å²) in [5, 5.41) is 5.61. The van der Waals surface area contributed by atoms with Gasteiger partial charge in [-0.05, 0) is 32.1 Å². The third-order valence-corrected chi connectivity index (χ3v) is 4.68. The van der Waals surface area contributed by atoms with Crippen LogP contribution in [0.4, 0.5) is 5.13 Å². The smallest absolute Gasteiger partial charge is 0.228 e. The maximum absolute atomic E-state index is 12.0. The summed E-state index contributed by atoms with van der Waals surface area (Å²) in [5.41, 5.74) is 0.744. The molecule has 1 saturated heterocycles. The van der Waals surface area contributed by atoms with E-state index < -0.39 is 0 Å². The zero-order valence-electron chi connectivity index (χ0n) is 13.6. The van der Waals surface area contributed by atoms with Crippen LogP contribution < -0.4 is 10.2 Å². The van der Waals surface area contributed by atoms with Crippen LogP contribution in [0.25, 0.3) is 0 Å². The van der Waals surface area contributed by atoms with Crippen molar-refractivity contribution in [1.29, 1.82) is 0 Å². The number of nitrogens with zero attached hydrogens (tertiary/aromatic N) is 2. The zero-order chi connectivity index (χ0) is 16.1. The summed E-state index contributed by atoms with van der Waals surface area (Å²) in [6.45, 7) is 7.15. The van der Waals surface area contributed by atoms with E-state index in [-0.39, 0.29) is 24.3 Å². The standard InChI is InChI=1S/C16H25N3O2S/c1-11(2)6-7-12(3)17-14(20)9-13-10-22-16(18-13)19-8-4-5-15(19)21/h10-12H,4-9H2,1-3H3,(H,17,20). The molecule has 1 atom stereocenters. The van der Waals surface area contributed by atoms with Gasteiger partial charge in [-0.25, -0.2) is 4.98 Å². The van der Waals surface area contributed by atoms with Gasteiger partial charge in [0.05, 0.1) is 12.1 Å². The van der Waals surface area contributed by atoms with Crippen LogP contribution in [0, 0.1) is 5.92 Å². The summed E-state index contributed by atoms with van der Waals surface area (Å²) in [4.78, 5) is 29.9. The number of anilines is 1. The molecule has 0 aromatic carbocycles. The fraction of sp³-hybridized carbons (Fsp3) is 0.688. The molecule has 0 saturated carbocycles. The van der Waals surface area contributed by atoms with E-state index in [9.17, 15) is 9.59 Å². The Morgan fingerprint density at radius 3 is 2.82 bits per heavy atom. The minimum atomic E-state index is 0.000791. The predicted molar refractivity (Wildman–Crippen MR) is 89.1 cm³/mol. The number of rotatable bonds is 7. The van der Waals surface area contributed by atoms with Crippen LogP contribution in [0.3, 0.4) is 0 Å². The topological polar surface area (TPSA) is 62.3 Å². The van der Waals surface area contributed by atoms with Crippen molar-refractivity contribution < 1.29 is 9.59 Å². The van der Waals surface area contributed by atoms with Crippen LogP contribution in [0.2, 0.25) is 0 Å². The molecule has 1 aromatic rings. The Bertz CT molecular complexity index is 527. The molecular formula is C16H25N3O2S. The fourth-order valence-corrected chi connectivity index (χ4v) is 3.37. The van der Waals surface area contributed by atoms with Gasteiger partial charge in [0.2, 0.25) is 11.8 Å². The van der Waals surface area contributed by atoms with Crippen LogP contribution in [0.1, 0.15) is 52.1 Å². The minimum Gasteiger partial charge on any atom is -0.353 e. The lowest BCUT2D eigenvalue weighted by atomic mass is 10.0. The maximum atomic E-state index is 12.0. The molecule has 0 spiro atoms. The van der Waals surface area contributed by atoms with Crippen molar-refractivity contribution in [3.8, 4) is 0 Å². The summed E-state index contributed by atoms with van der Waals surface area (Å²) in [6.07, 6.45) is 3.88. The molecule has 22 heavy (non-hydrogen) atoms. The predicted octanol–water partition coefficient (Wildman–Crippen LogP) is 2.75. The summed E-state index contributed by atoms with van der Waals surface area (Å²) in [6, 6.07) is 0.188. The van der Waals surface area contributed by atoms with Crippen LogP contribution in [-0.4, -0.2) is 29.4 Å². The van der Waals surface area contributed by atoms with Crippen molar-refractivity contribution in [2.45, 2.75) is 58.9 Å². The summed E-state index contributed by atoms with van der Waals surface area (Å²) < 4.78 is 0. The highest BCUT2D eigenvalue weighted by Crippen LogP contribution is 2.25. The third kappa shape index (κ3) is 4.80. The number of carbonyl (C=O) groups excluding carboxylic acids is 2. The molecule has 5 nitrogen and oxygen atoms in total. The van der Waals surface area contributed by atoms with E-state index in [0.717, 1.165) is 36.6 Å². The van der Waals surface area contributed by atoms with E-state index in [2.05, 4.69) is 24.1 Å². The first kappa shape index (κ1) is 16.9. The number of aromatic nitrogens is 1. The van der Waals surface area contributed by atoms with E-state index in [1.807, 2.05) is 12.3 Å². The lowest BCUT2D eigenvalue weighted by Crippen LogP contribution is -2.34. The van der Waals surface area contributed by atoms with Crippen molar-refractivity contribution in [2.75, 3.05) is 11.4 Å². The van der Waals surface area contributed by atoms with Gasteiger partial charge in [0.1, 0.15) is 0 Å². The van der Waals surface area contributed by atoms with E-state index in [1.165, 1.54) is 11.3 Å². The number of thiazole rings is 1. The van der Waals surface area contributed by atoms with E-state index >= 15 is 0 Å². The average molecular weight is 323 g/mol. The molecule has 0 aliphatic carbocycles. The molecule has 0 radical (unpaired) electrons. The van der Waals surface area contributed by atoms with Crippen LogP contribution in [0.5, 0.6) is 0 Å². The molecule has 6 heteroatoms. The van der Waals surface area contributed by atoms with Crippen LogP contribution in [-0.2, 0) is 16.0 Å². The first-order chi connectivity index (χ1) is 10.5. The van der Waals surface area contributed by atoms with Gasteiger partial charge >= 0.3 is 0 Å². The normalized spacial score (nSPS) is 16.4. The average Bonchev–Trinajstić information content (AvgIpc) is 3.05. The van der Waals surface area contributed by atoms with Crippen molar-refractivity contribution >= 4 is 28.3 Å². The van der Waals surface area contributed by atoms with Crippen molar-refractivity contribution in [1.82, 2.24) is 10.3 Å². The SMILES string of the molecule is CC(C)CCC(C)NC(=O)Cc1csc(N2CCCC2=O)n1. The summed E-state index contributed by atoms with van der Waals surface area (Å²) in [5.74, 6) is 0.784. The van der Waals surface area contributed by atoms with E-state index in [1.54, 1.807) is 4.90 Å². The lowest BCUT2D eigenvalue weighted by Gasteiger charge is -2.14. The Kier molecular flexibility index (Phi) is 5.94. The number of nitrogens with one attached hydrogen (secondary N) is 1. The first-order valence-electron chi connectivity index (χ1n) is 8.00. The highest BCUT2D eigenvalue weighted by Gasteiger charge is 2.24. The Morgan fingerprint density at radius 2 is 2.18 bits per heavy atom. The van der Waals surface area contributed by atoms with E-state index in [0.29, 0.717) is 12.3 Å². The Morgan fingerprint density at radius 1 is 1.41 bits per heavy atom. The molecule has 1 aliphatic heterocycles. The Labute approximate surface area is 136 Å². The largest absolute Gasteiger partial charge is 0.353 e. The summed E-state index contributed by atoms with van der Waals surface area (Å²) >= 11 is 1.44. The molecule has 1 aliphatic rings. The molecule has 0 bridgehead atoms. The number of hydrogen-bond donors (Lipinski definition) is 1. The second kappa shape index (κ2) is 7.72. The molecule has 2 rings (SSSR count). The van der Waals surface area contributed by atoms with Crippen LogP contribution in [0.15, 0.2) is 5.38 Å². The van der Waals surface area contributed by atoms with Gasteiger partial charge < -0.3 is 5.32 Å². The van der Waals surface area contributed by atoms with Gasteiger partial charge in [0.15, 0.2) is 5.13 Å². The highest BCUT2D eigenvalue weighted by atomic mass is 32.1. The van der Waals surface area contributed by atoms with Gasteiger partial charge in [-0.3, -0.25) is 14.5 Å². The fourth-order valence-electron chi connectivity index (χ4n) is 2.50. The molecule has 2 amide bonds. The first-order valence-corrected chi connectivity index (χ1v) is 8.87. The Hall–Kier alpha value is -1.43. The van der Waals surface area contributed by atoms with Crippen LogP contribution >= 0.6 is 11.3 Å². The van der Waals surface area contributed by atoms with Gasteiger partial charge in [-0.15, -0.1) is 11.3 Å². The number of hydrogen-bond acceptors (Lipinski definition) is 4. The van der Waals surface area contributed by atoms with Crippen molar-refractivity contribution in [2.24, 2.45) is 5.92 Å². The van der Waals surface area contributed by atoms with E-state index in [4.69, 9.17) is 0 Å². The van der Waals surface area contributed by atoms with Gasteiger partial charge in [-0.1, -0.05) is 13.8 Å². The molecule has 2 heterocycles. The second-order valence-electron chi connectivity index (χ2n) is 6.39. The highest BCUT2D eigenvalue weighted by molar-refractivity contribution is 7.14. The monoisotopic (exact) mass is 323 g/mol. The van der Waals surface area contributed by atoms with Crippen molar-refractivity contribution in [3.05, 3.63) is 11.1 Å². The molecule has 122 valence electrons. The molecule has 1 fully saturated rings. The number of amides is 2. The number of carbonyl (C=O) groups is 2. The second-order valence-corrected chi connectivity index (χ2v) is 7.22. The maximum Gasteiger partial charge on any atom is 0.228 e. The summed E-state index contributed by atoms with van der Waals surface area (Å²) in [7, 11) is 0. The Balaban J connectivity index is 1.82. The third-order valence-electron chi connectivity index (χ3n) is 3.77. The molecular weight excluding hydrogens is 298 g/mol. The lowest BCUT2D eigenvalue weighted by molar-refractivity contribution is -0.121. The van der Waals surface area contributed by atoms with Gasteiger partial charge in [0.25, 0.3) is 0 Å². The van der Waals surface area contributed by atoms with Crippen molar-refractivity contribution in [3.63, 3.8) is 0 Å². The molecule has 1 aromatic heterocycles. The molecule has 1 unspecified atom stereocenters. The van der Waals surface area contributed by atoms with Gasteiger partial charge in [0, 0.05) is 24.4 Å².